The van der Waals surface area contributed by atoms with Gasteiger partial charge in [-0.05, 0) is 47.9 Å². The Kier molecular flexibility index (Phi) is 4.94. The summed E-state index contributed by atoms with van der Waals surface area (Å²) in [6.45, 7) is 9.41. The minimum absolute atomic E-state index is 0.0925. The molecule has 0 radical (unpaired) electrons. The molecule has 0 saturated heterocycles. The molecule has 0 N–H and O–H groups in total. The lowest BCUT2D eigenvalue weighted by atomic mass is 9.81. The van der Waals surface area contributed by atoms with Gasteiger partial charge < -0.3 is 4.74 Å². The van der Waals surface area contributed by atoms with Gasteiger partial charge in [-0.2, -0.15) is 0 Å². The van der Waals surface area contributed by atoms with Crippen LogP contribution in [0.5, 0.6) is 5.88 Å². The maximum atomic E-state index is 5.84. The zero-order chi connectivity index (χ0) is 15.3. The average Bonchev–Trinajstić information content (AvgIpc) is 2.47. The van der Waals surface area contributed by atoms with E-state index < -0.39 is 0 Å². The topological polar surface area (TPSA) is 35.0 Å². The number of hydrogen-bond acceptors (Lipinski definition) is 3. The van der Waals surface area contributed by atoms with Crippen LogP contribution in [0, 0.1) is 12.3 Å². The first-order valence-corrected chi connectivity index (χ1v) is 7.42. The van der Waals surface area contributed by atoms with E-state index in [-0.39, 0.29) is 5.41 Å². The first kappa shape index (κ1) is 15.5. The second kappa shape index (κ2) is 6.70. The van der Waals surface area contributed by atoms with Gasteiger partial charge in [0.2, 0.25) is 5.88 Å². The van der Waals surface area contributed by atoms with Crippen LogP contribution in [0.4, 0.5) is 0 Å². The number of nitrogens with zero attached hydrogens (tertiary/aromatic N) is 2. The van der Waals surface area contributed by atoms with E-state index in [4.69, 9.17) is 4.74 Å². The smallest absolute Gasteiger partial charge is 0.213 e. The molecule has 2 rings (SSSR count). The fourth-order valence-electron chi connectivity index (χ4n) is 2.51. The Morgan fingerprint density at radius 2 is 1.86 bits per heavy atom. The molecule has 2 aromatic rings. The Hall–Kier alpha value is -1.90. The summed E-state index contributed by atoms with van der Waals surface area (Å²) in [5.41, 5.74) is 2.56. The highest BCUT2D eigenvalue weighted by molar-refractivity contribution is 5.17. The summed E-state index contributed by atoms with van der Waals surface area (Å²) in [6, 6.07) is 8.12. The third kappa shape index (κ3) is 4.85. The van der Waals surface area contributed by atoms with Gasteiger partial charge in [-0.3, -0.25) is 4.98 Å². The minimum atomic E-state index is 0.0925. The van der Waals surface area contributed by atoms with Crippen LogP contribution in [-0.4, -0.2) is 16.6 Å². The van der Waals surface area contributed by atoms with E-state index in [2.05, 4.69) is 42.9 Å². The van der Waals surface area contributed by atoms with Crippen molar-refractivity contribution < 1.29 is 4.74 Å². The summed E-state index contributed by atoms with van der Waals surface area (Å²) in [6.07, 6.45) is 6.60. The van der Waals surface area contributed by atoms with Crippen LogP contribution in [0.2, 0.25) is 0 Å². The number of aromatic nitrogens is 2. The van der Waals surface area contributed by atoms with Gasteiger partial charge in [0.25, 0.3) is 0 Å². The highest BCUT2D eigenvalue weighted by atomic mass is 16.5. The van der Waals surface area contributed by atoms with Crippen molar-refractivity contribution in [3.05, 3.63) is 54.0 Å². The third-order valence-electron chi connectivity index (χ3n) is 3.63. The molecule has 3 nitrogen and oxygen atoms in total. The Morgan fingerprint density at radius 1 is 1.14 bits per heavy atom. The molecule has 2 heterocycles. The van der Waals surface area contributed by atoms with E-state index in [1.807, 2.05) is 37.6 Å². The maximum absolute atomic E-state index is 5.84. The molecule has 112 valence electrons. The van der Waals surface area contributed by atoms with Gasteiger partial charge >= 0.3 is 0 Å². The second-order valence-electron chi connectivity index (χ2n) is 6.51. The molecule has 0 aliphatic rings. The molecule has 1 unspecified atom stereocenters. The normalized spacial score (nSPS) is 13.0. The van der Waals surface area contributed by atoms with Gasteiger partial charge in [-0.1, -0.05) is 26.8 Å². The quantitative estimate of drug-likeness (QED) is 0.789. The van der Waals surface area contributed by atoms with Crippen molar-refractivity contribution in [2.45, 2.75) is 40.0 Å². The zero-order valence-corrected chi connectivity index (χ0v) is 13.3. The van der Waals surface area contributed by atoms with Gasteiger partial charge in [-0.25, -0.2) is 4.98 Å². The Morgan fingerprint density at radius 3 is 2.48 bits per heavy atom. The van der Waals surface area contributed by atoms with Gasteiger partial charge in [0.15, 0.2) is 0 Å². The van der Waals surface area contributed by atoms with Crippen LogP contribution in [0.1, 0.15) is 44.2 Å². The maximum Gasteiger partial charge on any atom is 0.213 e. The average molecular weight is 284 g/mol. The van der Waals surface area contributed by atoms with E-state index >= 15 is 0 Å². The van der Waals surface area contributed by atoms with E-state index in [9.17, 15) is 0 Å². The summed E-state index contributed by atoms with van der Waals surface area (Å²) in [7, 11) is 0. The number of rotatable bonds is 6. The standard InChI is InChI=1S/C18H24N2O/c1-14-5-6-17(20-12-14)21-13-18(3,4)11-15(2)16-7-9-19-10-8-16/h5-10,12,15H,11,13H2,1-4H3. The summed E-state index contributed by atoms with van der Waals surface area (Å²) in [4.78, 5) is 8.36. The van der Waals surface area contributed by atoms with Crippen molar-refractivity contribution in [1.82, 2.24) is 9.97 Å². The van der Waals surface area contributed by atoms with E-state index in [1.54, 1.807) is 0 Å². The van der Waals surface area contributed by atoms with E-state index in [1.165, 1.54) is 5.56 Å². The van der Waals surface area contributed by atoms with Crippen molar-refractivity contribution in [2.24, 2.45) is 5.41 Å². The monoisotopic (exact) mass is 284 g/mol. The largest absolute Gasteiger partial charge is 0.477 e. The molecule has 0 bridgehead atoms. The predicted octanol–water partition coefficient (Wildman–Crippen LogP) is 4.38. The van der Waals surface area contributed by atoms with Gasteiger partial charge in [-0.15, -0.1) is 0 Å². The van der Waals surface area contributed by atoms with Crippen molar-refractivity contribution in [3.63, 3.8) is 0 Å². The van der Waals surface area contributed by atoms with Crippen LogP contribution in [0.25, 0.3) is 0 Å². The fraction of sp³-hybridized carbons (Fsp3) is 0.444. The van der Waals surface area contributed by atoms with Crippen molar-refractivity contribution in [2.75, 3.05) is 6.61 Å². The minimum Gasteiger partial charge on any atom is -0.477 e. The van der Waals surface area contributed by atoms with Gasteiger partial charge in [0, 0.05) is 24.7 Å². The van der Waals surface area contributed by atoms with E-state index in [0.717, 1.165) is 12.0 Å². The van der Waals surface area contributed by atoms with Crippen molar-refractivity contribution in [1.29, 1.82) is 0 Å². The number of hydrogen-bond donors (Lipinski definition) is 0. The molecule has 0 aliphatic heterocycles. The van der Waals surface area contributed by atoms with Crippen LogP contribution in [-0.2, 0) is 0 Å². The zero-order valence-electron chi connectivity index (χ0n) is 13.3. The lowest BCUT2D eigenvalue weighted by Gasteiger charge is -2.28. The number of ether oxygens (including phenoxy) is 1. The molecule has 0 aliphatic carbocycles. The second-order valence-corrected chi connectivity index (χ2v) is 6.51. The van der Waals surface area contributed by atoms with Crippen molar-refractivity contribution >= 4 is 0 Å². The molecule has 0 amide bonds. The molecular weight excluding hydrogens is 260 g/mol. The van der Waals surface area contributed by atoms with Crippen LogP contribution in [0.15, 0.2) is 42.9 Å². The lowest BCUT2D eigenvalue weighted by Crippen LogP contribution is -2.23. The van der Waals surface area contributed by atoms with Crippen molar-refractivity contribution in [3.8, 4) is 5.88 Å². The third-order valence-corrected chi connectivity index (χ3v) is 3.63. The van der Waals surface area contributed by atoms with E-state index in [0.29, 0.717) is 18.4 Å². The molecule has 0 saturated carbocycles. The van der Waals surface area contributed by atoms with Crippen LogP contribution in [0.3, 0.4) is 0 Å². The SMILES string of the molecule is Cc1ccc(OCC(C)(C)CC(C)c2ccncc2)nc1. The highest BCUT2D eigenvalue weighted by Gasteiger charge is 2.23. The van der Waals surface area contributed by atoms with Gasteiger partial charge in [0.1, 0.15) is 0 Å². The molecule has 2 aromatic heterocycles. The summed E-state index contributed by atoms with van der Waals surface area (Å²) in [5.74, 6) is 1.18. The summed E-state index contributed by atoms with van der Waals surface area (Å²) in [5, 5.41) is 0. The fourth-order valence-corrected chi connectivity index (χ4v) is 2.51. The summed E-state index contributed by atoms with van der Waals surface area (Å²) >= 11 is 0. The molecule has 0 aromatic carbocycles. The Bertz CT molecular complexity index is 549. The molecular formula is C18H24N2O. The predicted molar refractivity (Wildman–Crippen MR) is 85.5 cm³/mol. The first-order chi connectivity index (χ1) is 9.96. The highest BCUT2D eigenvalue weighted by Crippen LogP contribution is 2.31. The van der Waals surface area contributed by atoms with Crippen LogP contribution < -0.4 is 4.74 Å². The molecule has 3 heteroatoms. The lowest BCUT2D eigenvalue weighted by molar-refractivity contribution is 0.157. The Labute approximate surface area is 127 Å². The summed E-state index contributed by atoms with van der Waals surface area (Å²) < 4.78 is 5.84. The number of pyridine rings is 2. The molecule has 0 fully saturated rings. The number of aryl methyl sites for hydroxylation is 1. The van der Waals surface area contributed by atoms with Crippen LogP contribution >= 0.6 is 0 Å². The first-order valence-electron chi connectivity index (χ1n) is 7.42. The Balaban J connectivity index is 1.91. The molecule has 0 spiro atoms. The molecule has 21 heavy (non-hydrogen) atoms. The molecule has 1 atom stereocenters. The van der Waals surface area contributed by atoms with Gasteiger partial charge in [0.05, 0.1) is 6.61 Å².